The van der Waals surface area contributed by atoms with Gasteiger partial charge in [0.2, 0.25) is 11.8 Å². The summed E-state index contributed by atoms with van der Waals surface area (Å²) >= 11 is 0. The standard InChI is InChI=1S/C17H33N3O2/c1-6-7-10-18-17(22)15-9-8-14(4)20(11-15)12-16(21)19(5)13(2)3/h13-15H,6-12H2,1-5H3,(H,18,22). The van der Waals surface area contributed by atoms with Crippen LogP contribution >= 0.6 is 0 Å². The fourth-order valence-electron chi connectivity index (χ4n) is 2.72. The Kier molecular flexibility index (Phi) is 7.87. The van der Waals surface area contributed by atoms with Crippen molar-refractivity contribution in [2.75, 3.05) is 26.7 Å². The number of nitrogens with zero attached hydrogens (tertiary/aromatic N) is 2. The molecule has 0 aromatic rings. The van der Waals surface area contributed by atoms with Crippen molar-refractivity contribution in [1.29, 1.82) is 0 Å². The maximum atomic E-state index is 12.3. The maximum Gasteiger partial charge on any atom is 0.236 e. The Hall–Kier alpha value is -1.10. The van der Waals surface area contributed by atoms with Gasteiger partial charge in [0.05, 0.1) is 12.5 Å². The minimum Gasteiger partial charge on any atom is -0.356 e. The van der Waals surface area contributed by atoms with E-state index in [9.17, 15) is 9.59 Å². The lowest BCUT2D eigenvalue weighted by atomic mass is 9.92. The van der Waals surface area contributed by atoms with E-state index in [0.29, 0.717) is 19.1 Å². The highest BCUT2D eigenvalue weighted by Gasteiger charge is 2.31. The van der Waals surface area contributed by atoms with Gasteiger partial charge in [0.15, 0.2) is 0 Å². The van der Waals surface area contributed by atoms with E-state index in [2.05, 4.69) is 24.1 Å². The van der Waals surface area contributed by atoms with Gasteiger partial charge in [-0.25, -0.2) is 0 Å². The molecule has 0 radical (unpaired) electrons. The van der Waals surface area contributed by atoms with Crippen molar-refractivity contribution >= 4 is 11.8 Å². The molecule has 128 valence electrons. The first kappa shape index (κ1) is 18.9. The van der Waals surface area contributed by atoms with Crippen molar-refractivity contribution in [2.24, 2.45) is 5.92 Å². The summed E-state index contributed by atoms with van der Waals surface area (Å²) in [7, 11) is 1.84. The maximum absolute atomic E-state index is 12.3. The van der Waals surface area contributed by atoms with Crippen LogP contribution in [0.4, 0.5) is 0 Å². The molecule has 2 unspecified atom stereocenters. The van der Waals surface area contributed by atoms with E-state index in [-0.39, 0.29) is 23.8 Å². The van der Waals surface area contributed by atoms with Crippen LogP contribution in [0.25, 0.3) is 0 Å². The number of amides is 2. The molecule has 22 heavy (non-hydrogen) atoms. The predicted octanol–water partition coefficient (Wildman–Crippen LogP) is 1.87. The molecule has 0 spiro atoms. The van der Waals surface area contributed by atoms with Crippen molar-refractivity contribution in [3.63, 3.8) is 0 Å². The van der Waals surface area contributed by atoms with Gasteiger partial charge in [-0.3, -0.25) is 14.5 Å². The van der Waals surface area contributed by atoms with Crippen LogP contribution in [0, 0.1) is 5.92 Å². The Morgan fingerprint density at radius 3 is 2.59 bits per heavy atom. The molecule has 1 saturated heterocycles. The van der Waals surface area contributed by atoms with Gasteiger partial charge in [-0.15, -0.1) is 0 Å². The topological polar surface area (TPSA) is 52.7 Å². The number of rotatable bonds is 7. The average Bonchev–Trinajstić information content (AvgIpc) is 2.48. The molecule has 0 bridgehead atoms. The molecule has 5 nitrogen and oxygen atoms in total. The van der Waals surface area contributed by atoms with Gasteiger partial charge < -0.3 is 10.2 Å². The molecule has 1 aliphatic heterocycles. The molecule has 1 aliphatic rings. The van der Waals surface area contributed by atoms with Gasteiger partial charge in [0, 0.05) is 32.2 Å². The molecule has 1 rings (SSSR count). The Labute approximate surface area is 135 Å². The van der Waals surface area contributed by atoms with Crippen LogP contribution in [0.1, 0.15) is 53.4 Å². The van der Waals surface area contributed by atoms with Crippen LogP contribution < -0.4 is 5.32 Å². The van der Waals surface area contributed by atoms with Gasteiger partial charge in [-0.2, -0.15) is 0 Å². The average molecular weight is 311 g/mol. The fourth-order valence-corrected chi connectivity index (χ4v) is 2.72. The molecule has 0 aromatic heterocycles. The largest absolute Gasteiger partial charge is 0.356 e. The fraction of sp³-hybridized carbons (Fsp3) is 0.882. The quantitative estimate of drug-likeness (QED) is 0.730. The molecule has 0 aliphatic carbocycles. The van der Waals surface area contributed by atoms with E-state index in [1.807, 2.05) is 20.9 Å². The van der Waals surface area contributed by atoms with Crippen molar-refractivity contribution in [2.45, 2.75) is 65.5 Å². The minimum atomic E-state index is 0.0187. The van der Waals surface area contributed by atoms with E-state index in [4.69, 9.17) is 0 Å². The summed E-state index contributed by atoms with van der Waals surface area (Å²) in [5, 5.41) is 3.02. The third-order valence-electron chi connectivity index (χ3n) is 4.72. The zero-order valence-electron chi connectivity index (χ0n) is 14.9. The van der Waals surface area contributed by atoms with Gasteiger partial charge in [-0.1, -0.05) is 13.3 Å². The Morgan fingerprint density at radius 1 is 1.32 bits per heavy atom. The summed E-state index contributed by atoms with van der Waals surface area (Å²) in [5.41, 5.74) is 0. The molecule has 0 aromatic carbocycles. The lowest BCUT2D eigenvalue weighted by molar-refractivity contribution is -0.135. The molecule has 1 N–H and O–H groups in total. The highest BCUT2D eigenvalue weighted by atomic mass is 16.2. The van der Waals surface area contributed by atoms with Crippen LogP contribution in [0.2, 0.25) is 0 Å². The number of hydrogen-bond acceptors (Lipinski definition) is 3. The number of nitrogens with one attached hydrogen (secondary N) is 1. The molecule has 5 heteroatoms. The second-order valence-electron chi connectivity index (χ2n) is 6.80. The normalized spacial score (nSPS) is 22.6. The summed E-state index contributed by atoms with van der Waals surface area (Å²) in [6.45, 7) is 10.2. The van der Waals surface area contributed by atoms with E-state index in [0.717, 1.165) is 32.2 Å². The smallest absolute Gasteiger partial charge is 0.236 e. The van der Waals surface area contributed by atoms with Crippen LogP contribution in [0.3, 0.4) is 0 Å². The van der Waals surface area contributed by atoms with Crippen molar-refractivity contribution in [3.8, 4) is 0 Å². The monoisotopic (exact) mass is 311 g/mol. The number of likely N-dealkylation sites (N-methyl/N-ethyl adjacent to an activating group) is 1. The summed E-state index contributed by atoms with van der Waals surface area (Å²) in [6, 6.07) is 0.574. The Balaban J connectivity index is 2.52. The first-order valence-electron chi connectivity index (χ1n) is 8.64. The highest BCUT2D eigenvalue weighted by molar-refractivity contribution is 5.80. The van der Waals surface area contributed by atoms with Gasteiger partial charge >= 0.3 is 0 Å². The van der Waals surface area contributed by atoms with E-state index < -0.39 is 0 Å². The third-order valence-corrected chi connectivity index (χ3v) is 4.72. The van der Waals surface area contributed by atoms with E-state index in [1.54, 1.807) is 4.90 Å². The number of likely N-dealkylation sites (tertiary alicyclic amines) is 1. The van der Waals surface area contributed by atoms with Crippen LogP contribution in [0.5, 0.6) is 0 Å². The van der Waals surface area contributed by atoms with Gasteiger partial charge in [-0.05, 0) is 40.0 Å². The van der Waals surface area contributed by atoms with Crippen molar-refractivity contribution in [1.82, 2.24) is 15.1 Å². The zero-order valence-corrected chi connectivity index (χ0v) is 14.9. The van der Waals surface area contributed by atoms with E-state index in [1.165, 1.54) is 0 Å². The second kappa shape index (κ2) is 9.13. The Bertz CT molecular complexity index is 371. The molecule has 0 saturated carbocycles. The molecule has 1 heterocycles. The lowest BCUT2D eigenvalue weighted by Gasteiger charge is -2.38. The summed E-state index contributed by atoms with van der Waals surface area (Å²) in [4.78, 5) is 28.4. The van der Waals surface area contributed by atoms with Crippen LogP contribution in [-0.4, -0.2) is 60.4 Å². The van der Waals surface area contributed by atoms with Crippen molar-refractivity contribution in [3.05, 3.63) is 0 Å². The summed E-state index contributed by atoms with van der Waals surface area (Å²) in [5.74, 6) is 0.300. The highest BCUT2D eigenvalue weighted by Crippen LogP contribution is 2.22. The molecular formula is C17H33N3O2. The first-order valence-corrected chi connectivity index (χ1v) is 8.64. The molecule has 1 fully saturated rings. The molecular weight excluding hydrogens is 278 g/mol. The summed E-state index contributed by atoms with van der Waals surface area (Å²) < 4.78 is 0. The van der Waals surface area contributed by atoms with Crippen LogP contribution in [-0.2, 0) is 9.59 Å². The van der Waals surface area contributed by atoms with Crippen molar-refractivity contribution < 1.29 is 9.59 Å². The second-order valence-corrected chi connectivity index (χ2v) is 6.80. The summed E-state index contributed by atoms with van der Waals surface area (Å²) in [6.07, 6.45) is 4.01. The molecule has 2 atom stereocenters. The van der Waals surface area contributed by atoms with Crippen LogP contribution in [0.15, 0.2) is 0 Å². The number of piperidine rings is 1. The predicted molar refractivity (Wildman–Crippen MR) is 89.6 cm³/mol. The Morgan fingerprint density at radius 2 is 2.00 bits per heavy atom. The minimum absolute atomic E-state index is 0.0187. The van der Waals surface area contributed by atoms with Gasteiger partial charge in [0.1, 0.15) is 0 Å². The first-order chi connectivity index (χ1) is 10.4. The lowest BCUT2D eigenvalue weighted by Crippen LogP contribution is -2.51. The van der Waals surface area contributed by atoms with E-state index >= 15 is 0 Å². The molecule has 2 amide bonds. The number of hydrogen-bond donors (Lipinski definition) is 1. The zero-order chi connectivity index (χ0) is 16.7. The number of carbonyl (C=O) groups excluding carboxylic acids is 2. The third kappa shape index (κ3) is 5.59. The number of carbonyl (C=O) groups is 2. The SMILES string of the molecule is CCCCNC(=O)C1CCC(C)N(CC(=O)N(C)C(C)C)C1. The number of unbranched alkanes of at least 4 members (excludes halogenated alkanes) is 1. The van der Waals surface area contributed by atoms with Gasteiger partial charge in [0.25, 0.3) is 0 Å².